The maximum absolute atomic E-state index is 11.6. The van der Waals surface area contributed by atoms with Crippen LogP contribution in [0.5, 0.6) is 5.75 Å². The lowest BCUT2D eigenvalue weighted by Gasteiger charge is -2.11. The highest BCUT2D eigenvalue weighted by Gasteiger charge is 2.17. The molecule has 3 N–H and O–H groups in total. The summed E-state index contributed by atoms with van der Waals surface area (Å²) in [6.45, 7) is 0.384. The Hall–Kier alpha value is -1.36. The number of carbonyl (C=O) groups is 1. The second-order valence-electron chi connectivity index (χ2n) is 4.30. The van der Waals surface area contributed by atoms with E-state index in [-0.39, 0.29) is 5.91 Å². The average molecular weight is 266 g/mol. The molecule has 4 nitrogen and oxygen atoms in total. The third kappa shape index (κ3) is 4.14. The number of rotatable bonds is 5. The Morgan fingerprint density at radius 1 is 1.56 bits per heavy atom. The number of ether oxygens (including phenoxy) is 1. The zero-order chi connectivity index (χ0) is 12.8. The molecule has 1 heterocycles. The van der Waals surface area contributed by atoms with Crippen molar-refractivity contribution in [3.05, 3.63) is 24.3 Å². The summed E-state index contributed by atoms with van der Waals surface area (Å²) in [6.07, 6.45) is 1.46. The smallest absolute Gasteiger partial charge is 0.223 e. The van der Waals surface area contributed by atoms with Crippen LogP contribution in [0.3, 0.4) is 0 Å². The van der Waals surface area contributed by atoms with Gasteiger partial charge in [-0.1, -0.05) is 6.07 Å². The molecule has 1 fully saturated rings. The molecule has 0 aromatic heterocycles. The zero-order valence-electron chi connectivity index (χ0n) is 10.2. The molecule has 0 bridgehead atoms. The Morgan fingerprint density at radius 2 is 2.44 bits per heavy atom. The van der Waals surface area contributed by atoms with E-state index in [0.717, 1.165) is 17.9 Å². The van der Waals surface area contributed by atoms with Gasteiger partial charge in [-0.3, -0.25) is 4.79 Å². The van der Waals surface area contributed by atoms with Crippen molar-refractivity contribution in [2.45, 2.75) is 18.9 Å². The minimum Gasteiger partial charge on any atom is -0.493 e. The van der Waals surface area contributed by atoms with Crippen molar-refractivity contribution >= 4 is 23.4 Å². The number of nitrogen functional groups attached to an aromatic ring is 1. The van der Waals surface area contributed by atoms with Gasteiger partial charge in [0, 0.05) is 23.5 Å². The lowest BCUT2D eigenvalue weighted by molar-refractivity contribution is -0.122. The van der Waals surface area contributed by atoms with E-state index >= 15 is 0 Å². The number of thioether (sulfide) groups is 1. The van der Waals surface area contributed by atoms with E-state index in [2.05, 4.69) is 5.32 Å². The summed E-state index contributed by atoms with van der Waals surface area (Å²) >= 11 is 1.89. The highest BCUT2D eigenvalue weighted by molar-refractivity contribution is 7.99. The topological polar surface area (TPSA) is 64.3 Å². The number of anilines is 1. The Morgan fingerprint density at radius 3 is 3.17 bits per heavy atom. The molecule has 2 rings (SSSR count). The number of carbonyl (C=O) groups excluding carboxylic acids is 1. The summed E-state index contributed by atoms with van der Waals surface area (Å²) < 4.78 is 5.48. The number of nitrogens with one attached hydrogen (secondary N) is 1. The van der Waals surface area contributed by atoms with Crippen LogP contribution in [0.1, 0.15) is 12.8 Å². The summed E-state index contributed by atoms with van der Waals surface area (Å²) in [5.41, 5.74) is 6.30. The third-order valence-electron chi connectivity index (χ3n) is 2.75. The lowest BCUT2D eigenvalue weighted by Crippen LogP contribution is -2.35. The number of amides is 1. The standard InChI is InChI=1S/C13H18N2O2S/c14-10-2-1-3-12(8-10)17-6-4-13(16)15-11-5-7-18-9-11/h1-3,8,11H,4-7,9,14H2,(H,15,16). The molecule has 1 saturated heterocycles. The van der Waals surface area contributed by atoms with Crippen molar-refractivity contribution in [1.82, 2.24) is 5.32 Å². The van der Waals surface area contributed by atoms with Crippen molar-refractivity contribution in [2.24, 2.45) is 0 Å². The monoisotopic (exact) mass is 266 g/mol. The molecule has 1 amide bonds. The molecule has 1 atom stereocenters. The molecule has 0 saturated carbocycles. The molecule has 0 spiro atoms. The van der Waals surface area contributed by atoms with E-state index in [1.165, 1.54) is 0 Å². The average Bonchev–Trinajstić information content (AvgIpc) is 2.82. The van der Waals surface area contributed by atoms with Crippen LogP contribution < -0.4 is 15.8 Å². The summed E-state index contributed by atoms with van der Waals surface area (Å²) in [6, 6.07) is 7.57. The van der Waals surface area contributed by atoms with Gasteiger partial charge >= 0.3 is 0 Å². The van der Waals surface area contributed by atoms with Crippen LogP contribution in [0, 0.1) is 0 Å². The summed E-state index contributed by atoms with van der Waals surface area (Å²) in [5, 5.41) is 3.01. The van der Waals surface area contributed by atoms with Gasteiger partial charge in [0.25, 0.3) is 0 Å². The predicted molar refractivity (Wildman–Crippen MR) is 74.8 cm³/mol. The van der Waals surface area contributed by atoms with E-state index in [9.17, 15) is 4.79 Å². The Balaban J connectivity index is 1.66. The first-order valence-corrected chi connectivity index (χ1v) is 7.25. The van der Waals surface area contributed by atoms with E-state index in [1.54, 1.807) is 12.1 Å². The minimum atomic E-state index is 0.0615. The quantitative estimate of drug-likeness (QED) is 0.796. The van der Waals surface area contributed by atoms with Crippen LogP contribution in [0.15, 0.2) is 24.3 Å². The molecule has 1 aromatic carbocycles. The molecular weight excluding hydrogens is 248 g/mol. The molecule has 1 aliphatic rings. The van der Waals surface area contributed by atoms with Crippen molar-refractivity contribution < 1.29 is 9.53 Å². The second kappa shape index (κ2) is 6.54. The molecular formula is C13H18N2O2S. The van der Waals surface area contributed by atoms with Crippen molar-refractivity contribution in [1.29, 1.82) is 0 Å². The van der Waals surface area contributed by atoms with Gasteiger partial charge in [-0.05, 0) is 24.3 Å². The molecule has 1 unspecified atom stereocenters. The summed E-state index contributed by atoms with van der Waals surface area (Å²) in [7, 11) is 0. The zero-order valence-corrected chi connectivity index (χ0v) is 11.0. The molecule has 98 valence electrons. The van der Waals surface area contributed by atoms with E-state index in [1.807, 2.05) is 23.9 Å². The molecule has 0 aliphatic carbocycles. The van der Waals surface area contributed by atoms with Gasteiger partial charge < -0.3 is 15.8 Å². The SMILES string of the molecule is Nc1cccc(OCCC(=O)NC2CCSC2)c1. The van der Waals surface area contributed by atoms with Crippen LogP contribution >= 0.6 is 11.8 Å². The predicted octanol–water partition coefficient (Wildman–Crippen LogP) is 1.66. The van der Waals surface area contributed by atoms with Gasteiger partial charge in [0.15, 0.2) is 0 Å². The Labute approximate surface area is 111 Å². The molecule has 1 aromatic rings. The molecule has 18 heavy (non-hydrogen) atoms. The number of hydrogen-bond acceptors (Lipinski definition) is 4. The largest absolute Gasteiger partial charge is 0.493 e. The van der Waals surface area contributed by atoms with Gasteiger partial charge in [0.2, 0.25) is 5.91 Å². The van der Waals surface area contributed by atoms with E-state index < -0.39 is 0 Å². The normalized spacial score (nSPS) is 18.6. The van der Waals surface area contributed by atoms with Gasteiger partial charge in [0.05, 0.1) is 13.0 Å². The fraction of sp³-hybridized carbons (Fsp3) is 0.462. The number of nitrogens with two attached hydrogens (primary N) is 1. The molecule has 1 aliphatic heterocycles. The maximum Gasteiger partial charge on any atom is 0.223 e. The fourth-order valence-corrected chi connectivity index (χ4v) is 2.97. The Bertz CT molecular complexity index is 406. The second-order valence-corrected chi connectivity index (χ2v) is 5.45. The van der Waals surface area contributed by atoms with Crippen LogP contribution in [0.2, 0.25) is 0 Å². The number of benzene rings is 1. The highest BCUT2D eigenvalue weighted by Crippen LogP contribution is 2.17. The minimum absolute atomic E-state index is 0.0615. The summed E-state index contributed by atoms with van der Waals surface area (Å²) in [4.78, 5) is 11.6. The van der Waals surface area contributed by atoms with Crippen LogP contribution in [0.4, 0.5) is 5.69 Å². The third-order valence-corrected chi connectivity index (χ3v) is 3.91. The van der Waals surface area contributed by atoms with Crippen molar-refractivity contribution in [3.63, 3.8) is 0 Å². The number of hydrogen-bond donors (Lipinski definition) is 2. The van der Waals surface area contributed by atoms with Gasteiger partial charge in [-0.25, -0.2) is 0 Å². The van der Waals surface area contributed by atoms with Gasteiger partial charge in [-0.15, -0.1) is 0 Å². The first-order chi connectivity index (χ1) is 8.74. The van der Waals surface area contributed by atoms with Crippen LogP contribution in [-0.2, 0) is 4.79 Å². The maximum atomic E-state index is 11.6. The molecule has 5 heteroatoms. The first kappa shape index (κ1) is 13.1. The van der Waals surface area contributed by atoms with Gasteiger partial charge in [-0.2, -0.15) is 11.8 Å². The first-order valence-electron chi connectivity index (χ1n) is 6.09. The van der Waals surface area contributed by atoms with Crippen LogP contribution in [0.25, 0.3) is 0 Å². The fourth-order valence-electron chi connectivity index (χ4n) is 1.81. The van der Waals surface area contributed by atoms with Crippen LogP contribution in [-0.4, -0.2) is 30.1 Å². The summed E-state index contributed by atoms with van der Waals surface area (Å²) in [5.74, 6) is 2.94. The van der Waals surface area contributed by atoms with E-state index in [0.29, 0.717) is 30.5 Å². The van der Waals surface area contributed by atoms with Gasteiger partial charge in [0.1, 0.15) is 5.75 Å². The van der Waals surface area contributed by atoms with Crippen molar-refractivity contribution in [2.75, 3.05) is 23.8 Å². The van der Waals surface area contributed by atoms with E-state index in [4.69, 9.17) is 10.5 Å². The Kier molecular flexibility index (Phi) is 4.75. The highest BCUT2D eigenvalue weighted by atomic mass is 32.2. The lowest BCUT2D eigenvalue weighted by atomic mass is 10.2. The molecule has 0 radical (unpaired) electrons. The van der Waals surface area contributed by atoms with Crippen molar-refractivity contribution in [3.8, 4) is 5.75 Å².